The Morgan fingerprint density at radius 1 is 1.15 bits per heavy atom. The van der Waals surface area contributed by atoms with Crippen LogP contribution in [0.4, 0.5) is 4.39 Å². The van der Waals surface area contributed by atoms with E-state index in [4.69, 9.17) is 0 Å². The lowest BCUT2D eigenvalue weighted by Gasteiger charge is -2.22. The van der Waals surface area contributed by atoms with Crippen molar-refractivity contribution in [1.82, 2.24) is 16.0 Å². The number of halogens is 2. The second-order valence-electron chi connectivity index (χ2n) is 6.72. The summed E-state index contributed by atoms with van der Waals surface area (Å²) in [5, 5.41) is 9.55. The van der Waals surface area contributed by atoms with Crippen molar-refractivity contribution in [2.24, 2.45) is 4.99 Å². The Morgan fingerprint density at radius 2 is 1.85 bits per heavy atom. The van der Waals surface area contributed by atoms with Crippen LogP contribution in [0.25, 0.3) is 0 Å². The maximum atomic E-state index is 12.9. The van der Waals surface area contributed by atoms with E-state index in [1.54, 1.807) is 12.1 Å². The number of guanidine groups is 1. The van der Waals surface area contributed by atoms with Crippen molar-refractivity contribution >= 4 is 35.8 Å². The summed E-state index contributed by atoms with van der Waals surface area (Å²) in [6, 6.07) is 6.87. The Bertz CT molecular complexity index is 574. The largest absolute Gasteiger partial charge is 0.357 e. The van der Waals surface area contributed by atoms with Gasteiger partial charge in [-0.3, -0.25) is 9.79 Å². The molecule has 27 heavy (non-hydrogen) atoms. The SMILES string of the molecule is CCNC(=NCCC(=O)NC1CCCCC1)NCCc1ccc(F)cc1.I. The number of hydrogen-bond donors (Lipinski definition) is 3. The van der Waals surface area contributed by atoms with Crippen LogP contribution in [0, 0.1) is 5.82 Å². The highest BCUT2D eigenvalue weighted by molar-refractivity contribution is 14.0. The first-order valence-electron chi connectivity index (χ1n) is 9.73. The fourth-order valence-electron chi connectivity index (χ4n) is 3.13. The van der Waals surface area contributed by atoms with E-state index in [-0.39, 0.29) is 35.7 Å². The number of carbonyl (C=O) groups excluding carboxylic acids is 1. The van der Waals surface area contributed by atoms with Crippen LogP contribution in [0.1, 0.15) is 51.0 Å². The number of amides is 1. The molecular weight excluding hydrogens is 458 g/mol. The number of rotatable bonds is 8. The van der Waals surface area contributed by atoms with Crippen LogP contribution in [0.5, 0.6) is 0 Å². The third-order valence-corrected chi connectivity index (χ3v) is 4.54. The fourth-order valence-corrected chi connectivity index (χ4v) is 3.13. The number of aliphatic imine (C=N–C) groups is 1. The Balaban J connectivity index is 0.00000364. The van der Waals surface area contributed by atoms with E-state index >= 15 is 0 Å². The van der Waals surface area contributed by atoms with Gasteiger partial charge in [0.25, 0.3) is 0 Å². The van der Waals surface area contributed by atoms with Gasteiger partial charge in [-0.15, -0.1) is 24.0 Å². The molecule has 5 nitrogen and oxygen atoms in total. The smallest absolute Gasteiger partial charge is 0.222 e. The Hall–Kier alpha value is -1.38. The van der Waals surface area contributed by atoms with Crippen molar-refractivity contribution in [1.29, 1.82) is 0 Å². The number of nitrogens with zero attached hydrogens (tertiary/aromatic N) is 1. The average Bonchev–Trinajstić information content (AvgIpc) is 2.64. The molecule has 0 bridgehead atoms. The Kier molecular flexibility index (Phi) is 12.0. The van der Waals surface area contributed by atoms with E-state index in [1.165, 1.54) is 31.4 Å². The van der Waals surface area contributed by atoms with Gasteiger partial charge in [-0.1, -0.05) is 31.4 Å². The normalized spacial score (nSPS) is 15.0. The first-order chi connectivity index (χ1) is 12.7. The predicted molar refractivity (Wildman–Crippen MR) is 119 cm³/mol. The van der Waals surface area contributed by atoms with Crippen molar-refractivity contribution in [3.63, 3.8) is 0 Å². The third-order valence-electron chi connectivity index (χ3n) is 4.54. The van der Waals surface area contributed by atoms with E-state index < -0.39 is 0 Å². The molecule has 0 heterocycles. The summed E-state index contributed by atoms with van der Waals surface area (Å²) in [4.78, 5) is 16.5. The average molecular weight is 490 g/mol. The molecule has 7 heteroatoms. The van der Waals surface area contributed by atoms with E-state index in [0.29, 0.717) is 31.5 Å². The summed E-state index contributed by atoms with van der Waals surface area (Å²) in [5.41, 5.74) is 1.07. The molecule has 0 radical (unpaired) electrons. The lowest BCUT2D eigenvalue weighted by atomic mass is 9.95. The summed E-state index contributed by atoms with van der Waals surface area (Å²) < 4.78 is 12.9. The third kappa shape index (κ3) is 9.93. The second-order valence-corrected chi connectivity index (χ2v) is 6.72. The first kappa shape index (κ1) is 23.7. The van der Waals surface area contributed by atoms with Crippen LogP contribution in [-0.4, -0.2) is 37.5 Å². The summed E-state index contributed by atoms with van der Waals surface area (Å²) in [5.74, 6) is 0.575. The lowest BCUT2D eigenvalue weighted by Crippen LogP contribution is -2.39. The molecule has 1 aliphatic rings. The molecule has 0 unspecified atom stereocenters. The van der Waals surface area contributed by atoms with Crippen LogP contribution >= 0.6 is 24.0 Å². The van der Waals surface area contributed by atoms with Crippen molar-refractivity contribution in [2.45, 2.75) is 57.9 Å². The van der Waals surface area contributed by atoms with Crippen molar-refractivity contribution in [2.75, 3.05) is 19.6 Å². The predicted octanol–water partition coefficient (Wildman–Crippen LogP) is 3.38. The van der Waals surface area contributed by atoms with Crippen LogP contribution in [0.3, 0.4) is 0 Å². The highest BCUT2D eigenvalue weighted by atomic mass is 127. The molecule has 1 aromatic carbocycles. The molecule has 1 aliphatic carbocycles. The van der Waals surface area contributed by atoms with Gasteiger partial charge in [0.05, 0.1) is 6.54 Å². The quantitative estimate of drug-likeness (QED) is 0.298. The number of hydrogen-bond acceptors (Lipinski definition) is 2. The highest BCUT2D eigenvalue weighted by Gasteiger charge is 2.15. The minimum absolute atomic E-state index is 0. The maximum Gasteiger partial charge on any atom is 0.222 e. The zero-order valence-electron chi connectivity index (χ0n) is 16.1. The van der Waals surface area contributed by atoms with E-state index in [0.717, 1.165) is 31.4 Å². The molecular formula is C20H32FIN4O. The fraction of sp³-hybridized carbons (Fsp3) is 0.600. The van der Waals surface area contributed by atoms with Gasteiger partial charge in [-0.2, -0.15) is 0 Å². The second kappa shape index (κ2) is 13.7. The molecule has 1 amide bonds. The molecule has 3 N–H and O–H groups in total. The van der Waals surface area contributed by atoms with Gasteiger partial charge >= 0.3 is 0 Å². The molecule has 1 aromatic rings. The van der Waals surface area contributed by atoms with Gasteiger partial charge in [0, 0.05) is 25.6 Å². The topological polar surface area (TPSA) is 65.5 Å². The molecule has 1 saturated carbocycles. The molecule has 0 saturated heterocycles. The molecule has 0 spiro atoms. The van der Waals surface area contributed by atoms with E-state index in [1.807, 2.05) is 6.92 Å². The highest BCUT2D eigenvalue weighted by Crippen LogP contribution is 2.17. The zero-order chi connectivity index (χ0) is 18.6. The van der Waals surface area contributed by atoms with Gasteiger partial charge < -0.3 is 16.0 Å². The van der Waals surface area contributed by atoms with Gasteiger partial charge in [-0.25, -0.2) is 4.39 Å². The van der Waals surface area contributed by atoms with Crippen molar-refractivity contribution < 1.29 is 9.18 Å². The molecule has 152 valence electrons. The first-order valence-corrected chi connectivity index (χ1v) is 9.73. The Labute approximate surface area is 179 Å². The van der Waals surface area contributed by atoms with Crippen LogP contribution in [0.15, 0.2) is 29.3 Å². The molecule has 2 rings (SSSR count). The zero-order valence-corrected chi connectivity index (χ0v) is 18.4. The van der Waals surface area contributed by atoms with Gasteiger partial charge in [-0.05, 0) is 43.9 Å². The van der Waals surface area contributed by atoms with Crippen LogP contribution in [-0.2, 0) is 11.2 Å². The lowest BCUT2D eigenvalue weighted by molar-refractivity contribution is -0.121. The van der Waals surface area contributed by atoms with Crippen LogP contribution < -0.4 is 16.0 Å². The minimum atomic E-state index is -0.219. The Morgan fingerprint density at radius 3 is 2.52 bits per heavy atom. The monoisotopic (exact) mass is 490 g/mol. The summed E-state index contributed by atoms with van der Waals surface area (Å²) in [6.07, 6.45) is 7.10. The van der Waals surface area contributed by atoms with Crippen LogP contribution in [0.2, 0.25) is 0 Å². The van der Waals surface area contributed by atoms with E-state index in [9.17, 15) is 9.18 Å². The molecule has 0 atom stereocenters. The van der Waals surface area contributed by atoms with Gasteiger partial charge in [0.15, 0.2) is 5.96 Å². The van der Waals surface area contributed by atoms with E-state index in [2.05, 4.69) is 20.9 Å². The minimum Gasteiger partial charge on any atom is -0.357 e. The van der Waals surface area contributed by atoms with Crippen molar-refractivity contribution in [3.8, 4) is 0 Å². The van der Waals surface area contributed by atoms with Gasteiger partial charge in [0.1, 0.15) is 5.82 Å². The number of benzene rings is 1. The molecule has 1 fully saturated rings. The number of carbonyl (C=O) groups is 1. The standard InChI is InChI=1S/C20H31FN4O.HI/c1-2-22-20(23-14-12-16-8-10-17(21)11-9-16)24-15-13-19(26)25-18-6-4-3-5-7-18;/h8-11,18H,2-7,12-15H2,1H3,(H,25,26)(H2,22,23,24);1H. The molecule has 0 aliphatic heterocycles. The summed E-state index contributed by atoms with van der Waals surface area (Å²) >= 11 is 0. The van der Waals surface area contributed by atoms with Crippen molar-refractivity contribution in [3.05, 3.63) is 35.6 Å². The molecule has 0 aromatic heterocycles. The summed E-state index contributed by atoms with van der Waals surface area (Å²) in [7, 11) is 0. The summed E-state index contributed by atoms with van der Waals surface area (Å²) in [6.45, 7) is 3.93. The number of nitrogens with one attached hydrogen (secondary N) is 3. The maximum absolute atomic E-state index is 12.9. The van der Waals surface area contributed by atoms with Gasteiger partial charge in [0.2, 0.25) is 5.91 Å².